The predicted molar refractivity (Wildman–Crippen MR) is 116 cm³/mol. The number of carboxylic acid groups (broad SMARTS) is 1. The number of rotatable bonds is 10. The summed E-state index contributed by atoms with van der Waals surface area (Å²) < 4.78 is 5.90. The van der Waals surface area contributed by atoms with Gasteiger partial charge < -0.3 is 25.2 Å². The highest BCUT2D eigenvalue weighted by molar-refractivity contribution is 5.72. The fourth-order valence-corrected chi connectivity index (χ4v) is 4.77. The number of aliphatic hydroxyl groups excluding tert-OH is 2. The number of carboxylic acids is 1. The van der Waals surface area contributed by atoms with E-state index < -0.39 is 36.3 Å². The summed E-state index contributed by atoms with van der Waals surface area (Å²) in [5.74, 6) is -1.38. The Kier molecular flexibility index (Phi) is 8.86. The van der Waals surface area contributed by atoms with Gasteiger partial charge in [-0.2, -0.15) is 0 Å². The Balaban J connectivity index is 2.15. The van der Waals surface area contributed by atoms with Crippen molar-refractivity contribution in [2.75, 3.05) is 0 Å². The minimum absolute atomic E-state index is 0.0117. The number of esters is 1. The molecule has 176 valence electrons. The molecule has 2 aliphatic rings. The average Bonchev–Trinajstić information content (AvgIpc) is 2.65. The highest BCUT2D eigenvalue weighted by Gasteiger charge is 2.45. The van der Waals surface area contributed by atoms with Gasteiger partial charge in [-0.15, -0.1) is 0 Å². The van der Waals surface area contributed by atoms with E-state index in [1.54, 1.807) is 6.92 Å². The molecule has 0 bridgehead atoms. The van der Waals surface area contributed by atoms with E-state index in [-0.39, 0.29) is 36.1 Å². The van der Waals surface area contributed by atoms with Crippen LogP contribution in [-0.4, -0.2) is 56.3 Å². The Morgan fingerprint density at radius 3 is 2.58 bits per heavy atom. The molecule has 0 amide bonds. The summed E-state index contributed by atoms with van der Waals surface area (Å²) in [4.78, 5) is 23.3. The van der Waals surface area contributed by atoms with Gasteiger partial charge in [0.1, 0.15) is 6.10 Å². The molecule has 7 heteroatoms. The van der Waals surface area contributed by atoms with Crippen LogP contribution < -0.4 is 0 Å². The molecule has 0 unspecified atom stereocenters. The molecule has 0 aliphatic heterocycles. The number of ether oxygens (including phenoxy) is 1. The third kappa shape index (κ3) is 7.16. The minimum Gasteiger partial charge on any atom is -0.481 e. The quantitative estimate of drug-likeness (QED) is 0.387. The summed E-state index contributed by atoms with van der Waals surface area (Å²) in [5.41, 5.74) is -0.121. The van der Waals surface area contributed by atoms with Crippen molar-refractivity contribution in [2.24, 2.45) is 23.7 Å². The number of aliphatic carboxylic acids is 1. The molecule has 0 aromatic heterocycles. The molecule has 8 atom stereocenters. The van der Waals surface area contributed by atoms with Crippen LogP contribution in [0.3, 0.4) is 0 Å². The van der Waals surface area contributed by atoms with E-state index >= 15 is 0 Å². The van der Waals surface area contributed by atoms with Crippen LogP contribution >= 0.6 is 0 Å². The molecule has 7 nitrogen and oxygen atoms in total. The second kappa shape index (κ2) is 10.7. The van der Waals surface area contributed by atoms with Crippen LogP contribution in [0.1, 0.15) is 66.2 Å². The van der Waals surface area contributed by atoms with E-state index in [0.717, 1.165) is 5.57 Å². The molecule has 0 saturated heterocycles. The van der Waals surface area contributed by atoms with E-state index in [4.69, 9.17) is 9.84 Å². The Hall–Kier alpha value is -1.70. The lowest BCUT2D eigenvalue weighted by molar-refractivity contribution is -0.161. The van der Waals surface area contributed by atoms with Crippen molar-refractivity contribution in [1.29, 1.82) is 0 Å². The Morgan fingerprint density at radius 2 is 1.97 bits per heavy atom. The molecule has 0 heterocycles. The number of carbonyl (C=O) groups excluding carboxylic acids is 1. The van der Waals surface area contributed by atoms with Crippen molar-refractivity contribution in [3.63, 3.8) is 0 Å². The van der Waals surface area contributed by atoms with Gasteiger partial charge in [0.05, 0.1) is 30.1 Å². The van der Waals surface area contributed by atoms with Gasteiger partial charge in [-0.1, -0.05) is 32.9 Å². The molecule has 0 fully saturated rings. The van der Waals surface area contributed by atoms with Crippen molar-refractivity contribution in [2.45, 2.75) is 90.1 Å². The first kappa shape index (κ1) is 25.6. The Bertz CT molecular complexity index is 696. The van der Waals surface area contributed by atoms with E-state index in [0.29, 0.717) is 25.7 Å². The number of hydrogen-bond acceptors (Lipinski definition) is 6. The molecular formula is C24H38O7. The molecule has 0 saturated carbocycles. The number of hydrogen-bond donors (Lipinski definition) is 4. The number of aliphatic hydroxyl groups is 3. The molecule has 2 aliphatic carbocycles. The summed E-state index contributed by atoms with van der Waals surface area (Å²) >= 11 is 0. The molecule has 0 spiro atoms. The molecule has 31 heavy (non-hydrogen) atoms. The smallest absolute Gasteiger partial charge is 0.308 e. The number of allylic oxidation sites excluding steroid dienone is 2. The second-order valence-corrected chi connectivity index (χ2v) is 9.62. The lowest BCUT2D eigenvalue weighted by atomic mass is 9.64. The molecule has 0 aromatic rings. The van der Waals surface area contributed by atoms with Gasteiger partial charge in [0.15, 0.2) is 0 Å². The number of carbonyl (C=O) groups is 2. The first-order chi connectivity index (χ1) is 14.4. The first-order valence-electron chi connectivity index (χ1n) is 11.3. The van der Waals surface area contributed by atoms with Crippen molar-refractivity contribution in [3.05, 3.63) is 23.8 Å². The lowest BCUT2D eigenvalue weighted by Gasteiger charge is -2.45. The van der Waals surface area contributed by atoms with Gasteiger partial charge in [0, 0.05) is 12.3 Å². The standard InChI is InChI=1S/C24H38O7/c1-5-14(2)23(29)31-20-13-24(4,30)12-16-7-6-15(3)19(22(16)20)9-8-17(25)10-18(26)11-21(27)28/h6-7,12,14-15,17-20,22,25-26,30H,5,8-11,13H2,1-4H3,(H,27,28)/t14-,15-,17+,18+,19-,20-,22-,24+/m0/s1. The fourth-order valence-electron chi connectivity index (χ4n) is 4.77. The van der Waals surface area contributed by atoms with E-state index in [1.165, 1.54) is 0 Å². The third-order valence-electron chi connectivity index (χ3n) is 6.68. The molecule has 2 rings (SSSR count). The second-order valence-electron chi connectivity index (χ2n) is 9.62. The summed E-state index contributed by atoms with van der Waals surface area (Å²) in [7, 11) is 0. The maximum atomic E-state index is 12.5. The SMILES string of the molecule is CC[C@H](C)C(=O)O[C@H]1C[C@](C)(O)C=C2C=C[C@H](C)[C@H](CC[C@@H](O)C[C@@H](O)CC(=O)O)[C@H]21. The Morgan fingerprint density at radius 1 is 1.29 bits per heavy atom. The van der Waals surface area contributed by atoms with Crippen LogP contribution in [0.25, 0.3) is 0 Å². The third-order valence-corrected chi connectivity index (χ3v) is 6.68. The zero-order valence-electron chi connectivity index (χ0n) is 19.0. The van der Waals surface area contributed by atoms with Crippen LogP contribution in [-0.2, 0) is 14.3 Å². The van der Waals surface area contributed by atoms with Crippen molar-refractivity contribution in [1.82, 2.24) is 0 Å². The number of fused-ring (bicyclic) bond motifs is 1. The highest BCUT2D eigenvalue weighted by Crippen LogP contribution is 2.46. The minimum atomic E-state index is -1.10. The van der Waals surface area contributed by atoms with Crippen LogP contribution in [0.4, 0.5) is 0 Å². The zero-order valence-corrected chi connectivity index (χ0v) is 19.0. The van der Waals surface area contributed by atoms with Crippen LogP contribution in [0.2, 0.25) is 0 Å². The summed E-state index contributed by atoms with van der Waals surface area (Å²) in [6.45, 7) is 7.57. The van der Waals surface area contributed by atoms with E-state index in [2.05, 4.69) is 13.0 Å². The average molecular weight is 439 g/mol. The zero-order chi connectivity index (χ0) is 23.3. The van der Waals surface area contributed by atoms with Crippen molar-refractivity contribution in [3.8, 4) is 0 Å². The summed E-state index contributed by atoms with van der Waals surface area (Å²) in [6.07, 6.45) is 5.23. The predicted octanol–water partition coefficient (Wildman–Crippen LogP) is 2.83. The monoisotopic (exact) mass is 438 g/mol. The topological polar surface area (TPSA) is 124 Å². The largest absolute Gasteiger partial charge is 0.481 e. The van der Waals surface area contributed by atoms with E-state index in [9.17, 15) is 24.9 Å². The van der Waals surface area contributed by atoms with Crippen LogP contribution in [0.15, 0.2) is 23.8 Å². The van der Waals surface area contributed by atoms with Crippen molar-refractivity contribution < 1.29 is 34.8 Å². The van der Waals surface area contributed by atoms with Gasteiger partial charge in [-0.3, -0.25) is 9.59 Å². The van der Waals surface area contributed by atoms with E-state index in [1.807, 2.05) is 26.0 Å². The highest BCUT2D eigenvalue weighted by atomic mass is 16.5. The van der Waals surface area contributed by atoms with Crippen molar-refractivity contribution >= 4 is 11.9 Å². The van der Waals surface area contributed by atoms with Gasteiger partial charge in [0.25, 0.3) is 0 Å². The maximum Gasteiger partial charge on any atom is 0.308 e. The molecule has 0 radical (unpaired) electrons. The molecular weight excluding hydrogens is 400 g/mol. The summed E-state index contributed by atoms with van der Waals surface area (Å²) in [5, 5.41) is 39.6. The Labute approximate surface area is 184 Å². The van der Waals surface area contributed by atoms with Crippen LogP contribution in [0.5, 0.6) is 0 Å². The first-order valence-corrected chi connectivity index (χ1v) is 11.3. The fraction of sp³-hybridized carbons (Fsp3) is 0.750. The lowest BCUT2D eigenvalue weighted by Crippen LogP contribution is -2.46. The van der Waals surface area contributed by atoms with Gasteiger partial charge in [-0.25, -0.2) is 0 Å². The molecule has 0 aromatic carbocycles. The van der Waals surface area contributed by atoms with Gasteiger partial charge >= 0.3 is 11.9 Å². The summed E-state index contributed by atoms with van der Waals surface area (Å²) in [6, 6.07) is 0. The maximum absolute atomic E-state index is 12.5. The van der Waals surface area contributed by atoms with Crippen LogP contribution in [0, 0.1) is 23.7 Å². The molecule has 4 N–H and O–H groups in total. The van der Waals surface area contributed by atoms with Gasteiger partial charge in [-0.05, 0) is 56.1 Å². The normalized spacial score (nSPS) is 33.1. The van der Waals surface area contributed by atoms with Gasteiger partial charge in [0.2, 0.25) is 0 Å².